The number of urea groups is 1. The maximum absolute atomic E-state index is 11.9. The summed E-state index contributed by atoms with van der Waals surface area (Å²) in [4.78, 5) is 24.2. The number of likely N-dealkylation sites (tertiary alicyclic amines) is 1. The van der Waals surface area contributed by atoms with E-state index < -0.39 is 5.97 Å². The molecule has 5 heteroatoms. The van der Waals surface area contributed by atoms with Crippen molar-refractivity contribution in [3.63, 3.8) is 0 Å². The number of amides is 2. The molecule has 19 heavy (non-hydrogen) atoms. The van der Waals surface area contributed by atoms with Crippen LogP contribution in [0.2, 0.25) is 0 Å². The molecule has 0 aromatic heterocycles. The third-order valence-corrected chi connectivity index (χ3v) is 3.45. The number of hydrogen-bond acceptors (Lipinski definition) is 2. The fourth-order valence-electron chi connectivity index (χ4n) is 2.66. The summed E-state index contributed by atoms with van der Waals surface area (Å²) in [5, 5.41) is 11.3. The van der Waals surface area contributed by atoms with Crippen molar-refractivity contribution in [3.05, 3.63) is 0 Å². The minimum absolute atomic E-state index is 0.0427. The summed E-state index contributed by atoms with van der Waals surface area (Å²) in [5.74, 6) is 0.464. The molecule has 0 aromatic carbocycles. The molecule has 0 aromatic rings. The molecule has 2 amide bonds. The van der Waals surface area contributed by atoms with Crippen molar-refractivity contribution < 1.29 is 14.7 Å². The van der Waals surface area contributed by atoms with Crippen molar-refractivity contribution in [1.29, 1.82) is 0 Å². The summed E-state index contributed by atoms with van der Waals surface area (Å²) in [6, 6.07) is -0.0427. The summed E-state index contributed by atoms with van der Waals surface area (Å²) < 4.78 is 0. The molecule has 1 aliphatic heterocycles. The van der Waals surface area contributed by atoms with Crippen LogP contribution in [0.1, 0.15) is 46.0 Å². The predicted octanol–water partition coefficient (Wildman–Crippen LogP) is 2.32. The molecule has 0 aliphatic carbocycles. The van der Waals surface area contributed by atoms with E-state index in [0.717, 1.165) is 19.5 Å². The van der Waals surface area contributed by atoms with E-state index in [0.29, 0.717) is 24.8 Å². The monoisotopic (exact) mass is 270 g/mol. The third-order valence-electron chi connectivity index (χ3n) is 3.45. The molecular weight excluding hydrogens is 244 g/mol. The number of carbonyl (C=O) groups excluding carboxylic acids is 1. The summed E-state index contributed by atoms with van der Waals surface area (Å²) in [6.45, 7) is 6.52. The van der Waals surface area contributed by atoms with E-state index in [1.807, 2.05) is 4.90 Å². The van der Waals surface area contributed by atoms with Crippen molar-refractivity contribution in [2.75, 3.05) is 19.6 Å². The van der Waals surface area contributed by atoms with Gasteiger partial charge in [-0.25, -0.2) is 4.79 Å². The molecule has 5 nitrogen and oxygen atoms in total. The number of hydrogen-bond donors (Lipinski definition) is 2. The van der Waals surface area contributed by atoms with Gasteiger partial charge in [-0.05, 0) is 37.5 Å². The highest BCUT2D eigenvalue weighted by atomic mass is 16.4. The lowest BCUT2D eigenvalue weighted by molar-refractivity contribution is -0.137. The van der Waals surface area contributed by atoms with E-state index in [1.54, 1.807) is 0 Å². The highest BCUT2D eigenvalue weighted by Gasteiger charge is 2.23. The van der Waals surface area contributed by atoms with Crippen molar-refractivity contribution in [2.24, 2.45) is 11.8 Å². The Kier molecular flexibility index (Phi) is 6.67. The van der Waals surface area contributed by atoms with Crippen LogP contribution in [0.4, 0.5) is 4.79 Å². The van der Waals surface area contributed by atoms with Crippen molar-refractivity contribution in [3.8, 4) is 0 Å². The minimum atomic E-state index is -0.816. The molecule has 1 heterocycles. The van der Waals surface area contributed by atoms with Gasteiger partial charge in [-0.3, -0.25) is 4.79 Å². The van der Waals surface area contributed by atoms with E-state index >= 15 is 0 Å². The Morgan fingerprint density at radius 3 is 2.79 bits per heavy atom. The predicted molar refractivity (Wildman–Crippen MR) is 74.0 cm³/mol. The molecule has 0 saturated carbocycles. The zero-order chi connectivity index (χ0) is 14.3. The molecule has 110 valence electrons. The lowest BCUT2D eigenvalue weighted by atomic mass is 9.90. The summed E-state index contributed by atoms with van der Waals surface area (Å²) in [5.41, 5.74) is 0. The van der Waals surface area contributed by atoms with Crippen molar-refractivity contribution >= 4 is 12.0 Å². The number of nitrogens with one attached hydrogen (secondary N) is 1. The normalized spacial score (nSPS) is 19.5. The van der Waals surface area contributed by atoms with Gasteiger partial charge in [-0.2, -0.15) is 0 Å². The molecule has 1 unspecified atom stereocenters. The van der Waals surface area contributed by atoms with E-state index in [4.69, 9.17) is 5.11 Å². The van der Waals surface area contributed by atoms with Gasteiger partial charge in [0.1, 0.15) is 0 Å². The Labute approximate surface area is 115 Å². The van der Waals surface area contributed by atoms with Gasteiger partial charge in [0.25, 0.3) is 0 Å². The van der Waals surface area contributed by atoms with E-state index in [1.165, 1.54) is 12.8 Å². The summed E-state index contributed by atoms with van der Waals surface area (Å²) in [7, 11) is 0. The van der Waals surface area contributed by atoms with Gasteiger partial charge in [-0.1, -0.05) is 13.8 Å². The van der Waals surface area contributed by atoms with Gasteiger partial charge < -0.3 is 15.3 Å². The number of carboxylic acids is 1. The maximum atomic E-state index is 11.9. The van der Waals surface area contributed by atoms with E-state index in [-0.39, 0.29) is 12.5 Å². The van der Waals surface area contributed by atoms with Crippen LogP contribution in [0.5, 0.6) is 0 Å². The second-order valence-corrected chi connectivity index (χ2v) is 5.81. The van der Waals surface area contributed by atoms with Gasteiger partial charge in [0.05, 0.1) is 0 Å². The standard InChI is InChI=1S/C14H26N2O3/c1-11(2)9-12-5-4-8-16(10-12)14(19)15-7-3-6-13(17)18/h11-12H,3-10H2,1-2H3,(H,15,19)(H,17,18). The van der Waals surface area contributed by atoms with Crippen LogP contribution in [-0.4, -0.2) is 41.6 Å². The molecule has 1 aliphatic rings. The largest absolute Gasteiger partial charge is 0.481 e. The average Bonchev–Trinajstić information content (AvgIpc) is 2.33. The average molecular weight is 270 g/mol. The molecule has 1 saturated heterocycles. The zero-order valence-electron chi connectivity index (χ0n) is 12.0. The first-order valence-electron chi connectivity index (χ1n) is 7.23. The van der Waals surface area contributed by atoms with Gasteiger partial charge >= 0.3 is 12.0 Å². The number of aliphatic carboxylic acids is 1. The van der Waals surface area contributed by atoms with Gasteiger partial charge in [0, 0.05) is 26.1 Å². The van der Waals surface area contributed by atoms with Gasteiger partial charge in [0.15, 0.2) is 0 Å². The Morgan fingerprint density at radius 2 is 2.16 bits per heavy atom. The maximum Gasteiger partial charge on any atom is 0.317 e. The van der Waals surface area contributed by atoms with Crippen molar-refractivity contribution in [1.82, 2.24) is 10.2 Å². The molecule has 2 N–H and O–H groups in total. The fraction of sp³-hybridized carbons (Fsp3) is 0.857. The molecule has 0 bridgehead atoms. The van der Waals surface area contributed by atoms with Crippen LogP contribution in [0.15, 0.2) is 0 Å². The van der Waals surface area contributed by atoms with Crippen LogP contribution in [-0.2, 0) is 4.79 Å². The van der Waals surface area contributed by atoms with Crippen LogP contribution in [0, 0.1) is 11.8 Å². The molecule has 1 rings (SSSR count). The van der Waals surface area contributed by atoms with Gasteiger partial charge in [-0.15, -0.1) is 0 Å². The molecular formula is C14H26N2O3. The number of rotatable bonds is 6. The molecule has 0 radical (unpaired) electrons. The molecule has 0 spiro atoms. The van der Waals surface area contributed by atoms with Crippen molar-refractivity contribution in [2.45, 2.75) is 46.0 Å². The second-order valence-electron chi connectivity index (χ2n) is 5.81. The van der Waals surface area contributed by atoms with Crippen LogP contribution < -0.4 is 5.32 Å². The quantitative estimate of drug-likeness (QED) is 0.728. The first kappa shape index (κ1) is 15.8. The lowest BCUT2D eigenvalue weighted by Crippen LogP contribution is -2.46. The fourth-order valence-corrected chi connectivity index (χ4v) is 2.66. The smallest absolute Gasteiger partial charge is 0.317 e. The first-order chi connectivity index (χ1) is 8.99. The summed E-state index contributed by atoms with van der Waals surface area (Å²) >= 11 is 0. The van der Waals surface area contributed by atoms with E-state index in [9.17, 15) is 9.59 Å². The molecule has 1 atom stereocenters. The van der Waals surface area contributed by atoms with E-state index in [2.05, 4.69) is 19.2 Å². The Balaban J connectivity index is 2.25. The number of nitrogens with zero attached hydrogens (tertiary/aromatic N) is 1. The zero-order valence-corrected chi connectivity index (χ0v) is 12.0. The van der Waals surface area contributed by atoms with Crippen LogP contribution in [0.3, 0.4) is 0 Å². The van der Waals surface area contributed by atoms with Crippen LogP contribution >= 0.6 is 0 Å². The Bertz CT molecular complexity index is 305. The third kappa shape index (κ3) is 6.45. The summed E-state index contributed by atoms with van der Waals surface area (Å²) in [6.07, 6.45) is 4.05. The highest BCUT2D eigenvalue weighted by Crippen LogP contribution is 2.22. The highest BCUT2D eigenvalue weighted by molar-refractivity contribution is 5.74. The lowest BCUT2D eigenvalue weighted by Gasteiger charge is -2.33. The Morgan fingerprint density at radius 1 is 1.42 bits per heavy atom. The van der Waals surface area contributed by atoms with Gasteiger partial charge in [0.2, 0.25) is 0 Å². The number of carbonyl (C=O) groups is 2. The first-order valence-corrected chi connectivity index (χ1v) is 7.23. The number of piperidine rings is 1. The Hall–Kier alpha value is -1.26. The molecule has 1 fully saturated rings. The topological polar surface area (TPSA) is 69.6 Å². The number of carboxylic acid groups (broad SMARTS) is 1. The second kappa shape index (κ2) is 8.02. The van der Waals surface area contributed by atoms with Crippen LogP contribution in [0.25, 0.3) is 0 Å². The minimum Gasteiger partial charge on any atom is -0.481 e. The SMILES string of the molecule is CC(C)CC1CCCN(C(=O)NCCCC(=O)O)C1.